The number of hydrogen-bond acceptors (Lipinski definition) is 5. The molecule has 0 aliphatic carbocycles. The standard InChI is InChI=1S/C14H19N3O4/c1-10(9-16-7-2-3-8-16)15-13-11(14(18)19)5-4-6-12(13)17(20)21/h4-6,10,15H,2-3,7-9H2,1H3,(H,18,19). The summed E-state index contributed by atoms with van der Waals surface area (Å²) in [5.41, 5.74) is -0.192. The molecule has 1 unspecified atom stereocenters. The van der Waals surface area contributed by atoms with E-state index in [1.807, 2.05) is 6.92 Å². The first-order valence-electron chi connectivity index (χ1n) is 6.98. The first kappa shape index (κ1) is 15.2. The molecule has 0 saturated carbocycles. The van der Waals surface area contributed by atoms with E-state index >= 15 is 0 Å². The number of benzene rings is 1. The van der Waals surface area contributed by atoms with Crippen LogP contribution in [0.25, 0.3) is 0 Å². The summed E-state index contributed by atoms with van der Waals surface area (Å²) in [7, 11) is 0. The summed E-state index contributed by atoms with van der Waals surface area (Å²) in [6.45, 7) is 4.69. The number of carbonyl (C=O) groups is 1. The van der Waals surface area contributed by atoms with Crippen molar-refractivity contribution in [2.45, 2.75) is 25.8 Å². The molecule has 0 bridgehead atoms. The van der Waals surface area contributed by atoms with Crippen molar-refractivity contribution in [3.8, 4) is 0 Å². The normalized spacial score (nSPS) is 16.6. The van der Waals surface area contributed by atoms with Crippen LogP contribution >= 0.6 is 0 Å². The molecule has 1 atom stereocenters. The zero-order valence-electron chi connectivity index (χ0n) is 11.9. The summed E-state index contributed by atoms with van der Waals surface area (Å²) in [5, 5.41) is 23.3. The van der Waals surface area contributed by atoms with Crippen LogP contribution < -0.4 is 5.32 Å². The molecule has 0 aromatic heterocycles. The lowest BCUT2D eigenvalue weighted by Crippen LogP contribution is -2.33. The highest BCUT2D eigenvalue weighted by Crippen LogP contribution is 2.29. The monoisotopic (exact) mass is 293 g/mol. The molecule has 0 spiro atoms. The minimum atomic E-state index is -1.17. The van der Waals surface area contributed by atoms with Gasteiger partial charge in [0.2, 0.25) is 0 Å². The van der Waals surface area contributed by atoms with Crippen LogP contribution in [0.4, 0.5) is 11.4 Å². The predicted molar refractivity (Wildman–Crippen MR) is 78.8 cm³/mol. The average Bonchev–Trinajstić information content (AvgIpc) is 2.91. The molecular formula is C14H19N3O4. The molecule has 2 rings (SSSR count). The molecule has 1 aliphatic rings. The Balaban J connectivity index is 2.19. The van der Waals surface area contributed by atoms with Crippen molar-refractivity contribution < 1.29 is 14.8 Å². The molecule has 1 aromatic rings. The summed E-state index contributed by atoms with van der Waals surface area (Å²) >= 11 is 0. The molecule has 1 fully saturated rings. The highest BCUT2D eigenvalue weighted by molar-refractivity contribution is 5.96. The van der Waals surface area contributed by atoms with Crippen LogP contribution in [-0.2, 0) is 0 Å². The smallest absolute Gasteiger partial charge is 0.338 e. The molecular weight excluding hydrogens is 274 g/mol. The van der Waals surface area contributed by atoms with Crippen molar-refractivity contribution in [3.05, 3.63) is 33.9 Å². The number of nitrogens with zero attached hydrogens (tertiary/aromatic N) is 2. The van der Waals surface area contributed by atoms with E-state index in [2.05, 4.69) is 10.2 Å². The van der Waals surface area contributed by atoms with Gasteiger partial charge in [0.1, 0.15) is 5.69 Å². The van der Waals surface area contributed by atoms with E-state index < -0.39 is 10.9 Å². The molecule has 1 aromatic carbocycles. The fourth-order valence-electron chi connectivity index (χ4n) is 2.67. The third-order valence-electron chi connectivity index (χ3n) is 3.59. The van der Waals surface area contributed by atoms with Gasteiger partial charge in [-0.2, -0.15) is 0 Å². The van der Waals surface area contributed by atoms with E-state index in [0.717, 1.165) is 19.6 Å². The molecule has 1 saturated heterocycles. The summed E-state index contributed by atoms with van der Waals surface area (Å²) in [4.78, 5) is 24.0. The number of rotatable bonds is 6. The maximum Gasteiger partial charge on any atom is 0.338 e. The fraction of sp³-hybridized carbons (Fsp3) is 0.500. The second kappa shape index (κ2) is 6.53. The summed E-state index contributed by atoms with van der Waals surface area (Å²) in [5.74, 6) is -1.17. The average molecular weight is 293 g/mol. The Hall–Kier alpha value is -2.15. The lowest BCUT2D eigenvalue weighted by molar-refractivity contribution is -0.384. The van der Waals surface area contributed by atoms with Crippen LogP contribution in [0.2, 0.25) is 0 Å². The minimum Gasteiger partial charge on any atom is -0.478 e. The van der Waals surface area contributed by atoms with Crippen LogP contribution in [0.3, 0.4) is 0 Å². The molecule has 7 heteroatoms. The van der Waals surface area contributed by atoms with Gasteiger partial charge in [-0.25, -0.2) is 4.79 Å². The van der Waals surface area contributed by atoms with Gasteiger partial charge < -0.3 is 15.3 Å². The maximum atomic E-state index is 11.2. The number of carboxylic acid groups (broad SMARTS) is 1. The molecule has 1 aliphatic heterocycles. The Morgan fingerprint density at radius 2 is 2.14 bits per heavy atom. The topological polar surface area (TPSA) is 95.7 Å². The second-order valence-corrected chi connectivity index (χ2v) is 5.32. The second-order valence-electron chi connectivity index (χ2n) is 5.32. The summed E-state index contributed by atoms with van der Waals surface area (Å²) in [6.07, 6.45) is 2.33. The Labute approximate surface area is 122 Å². The van der Waals surface area contributed by atoms with Crippen molar-refractivity contribution in [2.24, 2.45) is 0 Å². The first-order valence-corrected chi connectivity index (χ1v) is 6.98. The van der Waals surface area contributed by atoms with Gasteiger partial charge in [0, 0.05) is 18.7 Å². The fourth-order valence-corrected chi connectivity index (χ4v) is 2.67. The maximum absolute atomic E-state index is 11.2. The zero-order chi connectivity index (χ0) is 15.4. The highest BCUT2D eigenvalue weighted by Gasteiger charge is 2.23. The number of para-hydroxylation sites is 1. The van der Waals surface area contributed by atoms with Crippen molar-refractivity contribution in [2.75, 3.05) is 25.0 Å². The van der Waals surface area contributed by atoms with Gasteiger partial charge in [-0.1, -0.05) is 6.07 Å². The van der Waals surface area contributed by atoms with Crippen molar-refractivity contribution in [1.82, 2.24) is 4.90 Å². The van der Waals surface area contributed by atoms with E-state index in [9.17, 15) is 20.0 Å². The molecule has 0 radical (unpaired) electrons. The number of anilines is 1. The third kappa shape index (κ3) is 3.69. The number of carboxylic acids is 1. The molecule has 114 valence electrons. The van der Waals surface area contributed by atoms with Crippen LogP contribution in [0.1, 0.15) is 30.1 Å². The molecule has 21 heavy (non-hydrogen) atoms. The molecule has 0 amide bonds. The van der Waals surface area contributed by atoms with Gasteiger partial charge in [-0.15, -0.1) is 0 Å². The first-order chi connectivity index (χ1) is 9.99. The number of hydrogen-bond donors (Lipinski definition) is 2. The Morgan fingerprint density at radius 3 is 2.71 bits per heavy atom. The van der Waals surface area contributed by atoms with Crippen LogP contribution in [0.5, 0.6) is 0 Å². The Kier molecular flexibility index (Phi) is 4.74. The number of likely N-dealkylation sites (tertiary alicyclic amines) is 1. The highest BCUT2D eigenvalue weighted by atomic mass is 16.6. The quantitative estimate of drug-likeness (QED) is 0.616. The lowest BCUT2D eigenvalue weighted by atomic mass is 10.1. The third-order valence-corrected chi connectivity index (χ3v) is 3.59. The Morgan fingerprint density at radius 1 is 1.48 bits per heavy atom. The van der Waals surface area contributed by atoms with E-state index in [-0.39, 0.29) is 23.0 Å². The van der Waals surface area contributed by atoms with Gasteiger partial charge in [-0.05, 0) is 38.9 Å². The zero-order valence-corrected chi connectivity index (χ0v) is 11.9. The van der Waals surface area contributed by atoms with Crippen molar-refractivity contribution in [1.29, 1.82) is 0 Å². The van der Waals surface area contributed by atoms with Gasteiger partial charge in [-0.3, -0.25) is 10.1 Å². The van der Waals surface area contributed by atoms with Gasteiger partial charge in [0.05, 0.1) is 10.5 Å². The van der Waals surface area contributed by atoms with Gasteiger partial charge in [0.25, 0.3) is 5.69 Å². The summed E-state index contributed by atoms with van der Waals surface area (Å²) in [6, 6.07) is 4.01. The number of nitro benzene ring substituents is 1. The van der Waals surface area contributed by atoms with Crippen LogP contribution in [0, 0.1) is 10.1 Å². The van der Waals surface area contributed by atoms with Crippen LogP contribution in [-0.4, -0.2) is 46.6 Å². The SMILES string of the molecule is CC(CN1CCCC1)Nc1c(C(=O)O)cccc1[N+](=O)[O-]. The predicted octanol–water partition coefficient (Wildman–Crippen LogP) is 2.19. The molecule has 7 nitrogen and oxygen atoms in total. The number of nitro groups is 1. The van der Waals surface area contributed by atoms with Gasteiger partial charge in [0.15, 0.2) is 0 Å². The molecule has 2 N–H and O–H groups in total. The minimum absolute atomic E-state index is 0.0673. The number of aromatic carboxylic acids is 1. The molecule has 1 heterocycles. The van der Waals surface area contributed by atoms with E-state index in [1.54, 1.807) is 0 Å². The largest absolute Gasteiger partial charge is 0.478 e. The van der Waals surface area contributed by atoms with Crippen LogP contribution in [0.15, 0.2) is 18.2 Å². The van der Waals surface area contributed by atoms with Gasteiger partial charge >= 0.3 is 5.97 Å². The van der Waals surface area contributed by atoms with E-state index in [4.69, 9.17) is 0 Å². The number of nitrogens with one attached hydrogen (secondary N) is 1. The summed E-state index contributed by atoms with van der Waals surface area (Å²) < 4.78 is 0. The van der Waals surface area contributed by atoms with Crippen molar-refractivity contribution >= 4 is 17.3 Å². The van der Waals surface area contributed by atoms with Crippen molar-refractivity contribution in [3.63, 3.8) is 0 Å². The van der Waals surface area contributed by atoms with E-state index in [1.165, 1.54) is 31.0 Å². The van der Waals surface area contributed by atoms with E-state index in [0.29, 0.717) is 0 Å². The lowest BCUT2D eigenvalue weighted by Gasteiger charge is -2.22. The Bertz CT molecular complexity index is 509.